The van der Waals surface area contributed by atoms with Crippen molar-refractivity contribution in [3.05, 3.63) is 24.2 Å². The van der Waals surface area contributed by atoms with Crippen molar-refractivity contribution in [2.75, 3.05) is 33.4 Å². The molecule has 2 atom stereocenters. The average Bonchev–Trinajstić information content (AvgIpc) is 3.02. The molecule has 1 saturated carbocycles. The number of hydrogen-bond acceptors (Lipinski definition) is 4. The van der Waals surface area contributed by atoms with E-state index in [2.05, 4.69) is 4.90 Å². The van der Waals surface area contributed by atoms with Crippen molar-refractivity contribution in [1.82, 2.24) is 4.90 Å². The third kappa shape index (κ3) is 2.71. The van der Waals surface area contributed by atoms with Crippen molar-refractivity contribution < 1.29 is 13.9 Å². The molecule has 1 aromatic heterocycles. The zero-order valence-corrected chi connectivity index (χ0v) is 11.6. The standard InChI is InChI=1S/C15H23NO3/c1-17-11-13-4-2-6-15(13)12-16(7-9-19-15)10-14-5-3-8-18-14/h3,5,8,13H,2,4,6-7,9-12H2,1H3/t13-,15+/m0/s1. The predicted octanol–water partition coefficient (Wildman–Crippen LogP) is 2.30. The van der Waals surface area contributed by atoms with E-state index in [1.54, 1.807) is 13.4 Å². The predicted molar refractivity (Wildman–Crippen MR) is 71.9 cm³/mol. The Hall–Kier alpha value is -0.840. The maximum absolute atomic E-state index is 6.19. The summed E-state index contributed by atoms with van der Waals surface area (Å²) in [6.45, 7) is 4.51. The molecule has 0 unspecified atom stereocenters. The van der Waals surface area contributed by atoms with Crippen LogP contribution in [0.1, 0.15) is 25.0 Å². The van der Waals surface area contributed by atoms with E-state index in [0.717, 1.165) is 45.0 Å². The van der Waals surface area contributed by atoms with Crippen LogP contribution >= 0.6 is 0 Å². The van der Waals surface area contributed by atoms with Crippen molar-refractivity contribution >= 4 is 0 Å². The molecule has 0 radical (unpaired) electrons. The summed E-state index contributed by atoms with van der Waals surface area (Å²) >= 11 is 0. The first-order valence-electron chi connectivity index (χ1n) is 7.20. The van der Waals surface area contributed by atoms with Crippen LogP contribution in [0.4, 0.5) is 0 Å². The molecule has 2 fully saturated rings. The van der Waals surface area contributed by atoms with Gasteiger partial charge in [-0.05, 0) is 25.0 Å². The largest absolute Gasteiger partial charge is 0.468 e. The highest BCUT2D eigenvalue weighted by Crippen LogP contribution is 2.41. The molecule has 19 heavy (non-hydrogen) atoms. The number of nitrogens with zero attached hydrogens (tertiary/aromatic N) is 1. The highest BCUT2D eigenvalue weighted by atomic mass is 16.5. The highest BCUT2D eigenvalue weighted by Gasteiger charge is 2.46. The normalized spacial score (nSPS) is 32.2. The van der Waals surface area contributed by atoms with Gasteiger partial charge in [-0.15, -0.1) is 0 Å². The smallest absolute Gasteiger partial charge is 0.117 e. The van der Waals surface area contributed by atoms with E-state index in [1.165, 1.54) is 12.8 Å². The molecule has 0 amide bonds. The first kappa shape index (κ1) is 13.2. The van der Waals surface area contributed by atoms with Crippen LogP contribution in [-0.4, -0.2) is 43.9 Å². The quantitative estimate of drug-likeness (QED) is 0.836. The second-order valence-electron chi connectivity index (χ2n) is 5.75. The monoisotopic (exact) mass is 265 g/mol. The van der Waals surface area contributed by atoms with Crippen LogP contribution in [0.15, 0.2) is 22.8 Å². The fraction of sp³-hybridized carbons (Fsp3) is 0.733. The third-order valence-electron chi connectivity index (χ3n) is 4.51. The van der Waals surface area contributed by atoms with Gasteiger partial charge >= 0.3 is 0 Å². The zero-order valence-electron chi connectivity index (χ0n) is 11.6. The summed E-state index contributed by atoms with van der Waals surface area (Å²) in [5.74, 6) is 1.58. The Morgan fingerprint density at radius 3 is 3.26 bits per heavy atom. The second kappa shape index (κ2) is 5.65. The fourth-order valence-corrected chi connectivity index (χ4v) is 3.59. The Kier molecular flexibility index (Phi) is 3.91. The van der Waals surface area contributed by atoms with Crippen LogP contribution in [0.5, 0.6) is 0 Å². The van der Waals surface area contributed by atoms with Gasteiger partial charge in [0.05, 0.1) is 31.6 Å². The molecule has 4 heteroatoms. The van der Waals surface area contributed by atoms with Crippen molar-refractivity contribution in [3.63, 3.8) is 0 Å². The van der Waals surface area contributed by atoms with E-state index in [-0.39, 0.29) is 5.60 Å². The molecule has 2 aliphatic rings. The Morgan fingerprint density at radius 1 is 1.53 bits per heavy atom. The number of furan rings is 1. The van der Waals surface area contributed by atoms with Crippen LogP contribution < -0.4 is 0 Å². The maximum atomic E-state index is 6.19. The molecule has 1 aliphatic heterocycles. The van der Waals surface area contributed by atoms with Crippen LogP contribution in [0, 0.1) is 5.92 Å². The Balaban J connectivity index is 1.66. The summed E-state index contributed by atoms with van der Waals surface area (Å²) in [5.41, 5.74) is 0.0147. The summed E-state index contributed by atoms with van der Waals surface area (Å²) in [4.78, 5) is 2.45. The number of morpholine rings is 1. The number of ether oxygens (including phenoxy) is 2. The van der Waals surface area contributed by atoms with Gasteiger partial charge in [-0.2, -0.15) is 0 Å². The van der Waals surface area contributed by atoms with E-state index in [0.29, 0.717) is 5.92 Å². The number of rotatable bonds is 4. The van der Waals surface area contributed by atoms with Crippen molar-refractivity contribution in [1.29, 1.82) is 0 Å². The molecule has 1 aliphatic carbocycles. The fourth-order valence-electron chi connectivity index (χ4n) is 3.59. The van der Waals surface area contributed by atoms with Gasteiger partial charge in [0, 0.05) is 26.1 Å². The first-order valence-corrected chi connectivity index (χ1v) is 7.20. The highest BCUT2D eigenvalue weighted by molar-refractivity contribution is 5.02. The van der Waals surface area contributed by atoms with Crippen molar-refractivity contribution in [2.24, 2.45) is 5.92 Å². The molecule has 0 aromatic carbocycles. The summed E-state index contributed by atoms with van der Waals surface area (Å²) in [6, 6.07) is 4.00. The number of methoxy groups -OCH3 is 1. The lowest BCUT2D eigenvalue weighted by Gasteiger charge is -2.43. The van der Waals surface area contributed by atoms with E-state index in [9.17, 15) is 0 Å². The van der Waals surface area contributed by atoms with Crippen LogP contribution in [-0.2, 0) is 16.0 Å². The first-order chi connectivity index (χ1) is 9.32. The van der Waals surface area contributed by atoms with E-state index < -0.39 is 0 Å². The maximum Gasteiger partial charge on any atom is 0.117 e. The van der Waals surface area contributed by atoms with Gasteiger partial charge in [-0.25, -0.2) is 0 Å². The summed E-state index contributed by atoms with van der Waals surface area (Å²) < 4.78 is 17.0. The van der Waals surface area contributed by atoms with Crippen LogP contribution in [0.25, 0.3) is 0 Å². The lowest BCUT2D eigenvalue weighted by atomic mass is 9.89. The van der Waals surface area contributed by atoms with Crippen molar-refractivity contribution in [2.45, 2.75) is 31.4 Å². The molecule has 4 nitrogen and oxygen atoms in total. The van der Waals surface area contributed by atoms with Gasteiger partial charge < -0.3 is 13.9 Å². The van der Waals surface area contributed by atoms with Gasteiger partial charge in [0.1, 0.15) is 5.76 Å². The summed E-state index contributed by atoms with van der Waals surface area (Å²) in [6.07, 6.45) is 5.38. The molecule has 106 valence electrons. The molecule has 3 rings (SSSR count). The molecule has 0 bridgehead atoms. The Labute approximate surface area is 114 Å². The van der Waals surface area contributed by atoms with E-state index >= 15 is 0 Å². The minimum Gasteiger partial charge on any atom is -0.468 e. The van der Waals surface area contributed by atoms with Crippen LogP contribution in [0.3, 0.4) is 0 Å². The van der Waals surface area contributed by atoms with Crippen molar-refractivity contribution in [3.8, 4) is 0 Å². The van der Waals surface area contributed by atoms with Gasteiger partial charge in [-0.1, -0.05) is 6.42 Å². The lowest BCUT2D eigenvalue weighted by molar-refractivity contribution is -0.141. The summed E-state index contributed by atoms with van der Waals surface area (Å²) in [5, 5.41) is 0. The van der Waals surface area contributed by atoms with Gasteiger partial charge in [0.25, 0.3) is 0 Å². The summed E-state index contributed by atoms with van der Waals surface area (Å²) in [7, 11) is 1.79. The zero-order chi connectivity index (χ0) is 13.1. The second-order valence-corrected chi connectivity index (χ2v) is 5.75. The third-order valence-corrected chi connectivity index (χ3v) is 4.51. The molecule has 2 heterocycles. The molecular weight excluding hydrogens is 242 g/mol. The SMILES string of the molecule is COC[C@@H]1CCC[C@@]12CN(Cc1ccco1)CCO2. The number of hydrogen-bond donors (Lipinski definition) is 0. The molecule has 1 spiro atoms. The Bertz CT molecular complexity index is 392. The molecule has 1 aromatic rings. The molecule has 1 saturated heterocycles. The molecule has 0 N–H and O–H groups in total. The van der Waals surface area contributed by atoms with Gasteiger partial charge in [0.15, 0.2) is 0 Å². The lowest BCUT2D eigenvalue weighted by Crippen LogP contribution is -2.54. The topological polar surface area (TPSA) is 34.8 Å². The average molecular weight is 265 g/mol. The Morgan fingerprint density at radius 2 is 2.47 bits per heavy atom. The van der Waals surface area contributed by atoms with Gasteiger partial charge in [-0.3, -0.25) is 4.90 Å². The van der Waals surface area contributed by atoms with Gasteiger partial charge in [0.2, 0.25) is 0 Å². The molecular formula is C15H23NO3. The van der Waals surface area contributed by atoms with E-state index in [4.69, 9.17) is 13.9 Å². The van der Waals surface area contributed by atoms with E-state index in [1.807, 2.05) is 12.1 Å². The van der Waals surface area contributed by atoms with Crippen LogP contribution in [0.2, 0.25) is 0 Å². The minimum atomic E-state index is 0.0147. The minimum absolute atomic E-state index is 0.0147.